The summed E-state index contributed by atoms with van der Waals surface area (Å²) in [5, 5.41) is 0. The van der Waals surface area contributed by atoms with E-state index in [4.69, 9.17) is 10.5 Å². The third-order valence-electron chi connectivity index (χ3n) is 5.92. The predicted molar refractivity (Wildman–Crippen MR) is 105 cm³/mol. The van der Waals surface area contributed by atoms with E-state index in [2.05, 4.69) is 52.0 Å². The molecule has 2 unspecified atom stereocenters. The van der Waals surface area contributed by atoms with Crippen LogP contribution in [0.3, 0.4) is 0 Å². The average Bonchev–Trinajstić information content (AvgIpc) is 2.54. The van der Waals surface area contributed by atoms with Crippen LogP contribution >= 0.6 is 0 Å². The molecule has 2 aliphatic carbocycles. The number of rotatable bonds is 2. The maximum absolute atomic E-state index is 6.64. The van der Waals surface area contributed by atoms with Crippen molar-refractivity contribution in [1.29, 1.82) is 0 Å². The van der Waals surface area contributed by atoms with Gasteiger partial charge in [0.2, 0.25) is 0 Å². The van der Waals surface area contributed by atoms with E-state index in [1.807, 2.05) is 13.8 Å². The third kappa shape index (κ3) is 3.01. The molecule has 24 heavy (non-hydrogen) atoms. The summed E-state index contributed by atoms with van der Waals surface area (Å²) < 4.78 is 5.69. The molecule has 1 aromatic carbocycles. The molecule has 1 fully saturated rings. The van der Waals surface area contributed by atoms with Crippen molar-refractivity contribution >= 4 is 6.08 Å². The van der Waals surface area contributed by atoms with Crippen LogP contribution in [0, 0.1) is 5.92 Å². The quantitative estimate of drug-likeness (QED) is 0.761. The van der Waals surface area contributed by atoms with Crippen molar-refractivity contribution in [3.05, 3.63) is 34.9 Å². The predicted octanol–water partition coefficient (Wildman–Crippen LogP) is 5.65. The highest BCUT2D eigenvalue weighted by Crippen LogP contribution is 2.52. The highest BCUT2D eigenvalue weighted by atomic mass is 16.5. The van der Waals surface area contributed by atoms with Crippen LogP contribution in [0.4, 0.5) is 0 Å². The summed E-state index contributed by atoms with van der Waals surface area (Å²) in [5.41, 5.74) is 10.7. The lowest BCUT2D eigenvalue weighted by Gasteiger charge is -2.52. The molecule has 2 nitrogen and oxygen atoms in total. The number of methoxy groups -OCH3 is 1. The molecule has 0 heterocycles. The molecule has 2 N–H and O–H groups in total. The molecule has 0 bridgehead atoms. The average molecular weight is 330 g/mol. The van der Waals surface area contributed by atoms with Crippen LogP contribution in [-0.4, -0.2) is 12.6 Å². The summed E-state index contributed by atoms with van der Waals surface area (Å²) in [6.07, 6.45) is 8.14. The Bertz CT molecular complexity index is 615. The van der Waals surface area contributed by atoms with E-state index in [0.29, 0.717) is 11.8 Å². The number of hydrogen-bond donors (Lipinski definition) is 1. The molecule has 134 valence electrons. The zero-order valence-electron chi connectivity index (χ0n) is 16.6. The van der Waals surface area contributed by atoms with Crippen LogP contribution in [0.25, 0.3) is 6.08 Å². The van der Waals surface area contributed by atoms with Crippen molar-refractivity contribution in [3.63, 3.8) is 0 Å². The zero-order chi connectivity index (χ0) is 18.1. The molecule has 1 saturated carbocycles. The largest absolute Gasteiger partial charge is 0.496 e. The van der Waals surface area contributed by atoms with Crippen LogP contribution < -0.4 is 10.5 Å². The van der Waals surface area contributed by atoms with Gasteiger partial charge in [-0.3, -0.25) is 0 Å². The molecule has 0 aliphatic heterocycles. The van der Waals surface area contributed by atoms with Gasteiger partial charge in [-0.1, -0.05) is 53.2 Å². The Hall–Kier alpha value is -1.28. The van der Waals surface area contributed by atoms with Crippen molar-refractivity contribution in [2.45, 2.75) is 77.7 Å². The SMILES string of the molecule is CC.COc1cc2c(cc1C(C)C)C=CC1C2(C)CCC[C@@]1(C)N. The van der Waals surface area contributed by atoms with E-state index < -0.39 is 0 Å². The lowest BCUT2D eigenvalue weighted by Crippen LogP contribution is -2.56. The monoisotopic (exact) mass is 329 g/mol. The minimum Gasteiger partial charge on any atom is -0.496 e. The van der Waals surface area contributed by atoms with Gasteiger partial charge in [0, 0.05) is 16.9 Å². The third-order valence-corrected chi connectivity index (χ3v) is 5.92. The fraction of sp³-hybridized carbons (Fsp3) is 0.636. The van der Waals surface area contributed by atoms with Gasteiger partial charge in [-0.15, -0.1) is 0 Å². The topological polar surface area (TPSA) is 35.2 Å². The summed E-state index contributed by atoms with van der Waals surface area (Å²) in [4.78, 5) is 0. The Morgan fingerprint density at radius 1 is 1.17 bits per heavy atom. The minimum atomic E-state index is -0.120. The summed E-state index contributed by atoms with van der Waals surface area (Å²) >= 11 is 0. The van der Waals surface area contributed by atoms with Gasteiger partial charge in [0.25, 0.3) is 0 Å². The number of fused-ring (bicyclic) bond motifs is 3. The van der Waals surface area contributed by atoms with Gasteiger partial charge in [-0.05, 0) is 54.5 Å². The van der Waals surface area contributed by atoms with Crippen LogP contribution in [0.15, 0.2) is 18.2 Å². The van der Waals surface area contributed by atoms with Crippen molar-refractivity contribution in [1.82, 2.24) is 0 Å². The Labute approximate surface area is 148 Å². The molecular weight excluding hydrogens is 294 g/mol. The first-order valence-electron chi connectivity index (χ1n) is 9.49. The van der Waals surface area contributed by atoms with Crippen molar-refractivity contribution < 1.29 is 4.74 Å². The van der Waals surface area contributed by atoms with E-state index in [-0.39, 0.29) is 11.0 Å². The van der Waals surface area contributed by atoms with Crippen molar-refractivity contribution in [2.75, 3.05) is 7.11 Å². The summed E-state index contributed by atoms with van der Waals surface area (Å²) in [7, 11) is 1.78. The van der Waals surface area contributed by atoms with E-state index in [1.165, 1.54) is 29.5 Å². The second-order valence-corrected chi connectivity index (χ2v) is 7.95. The van der Waals surface area contributed by atoms with E-state index in [9.17, 15) is 0 Å². The van der Waals surface area contributed by atoms with E-state index in [1.54, 1.807) is 7.11 Å². The normalized spacial score (nSPS) is 31.0. The first-order valence-corrected chi connectivity index (χ1v) is 9.49. The number of ether oxygens (including phenoxy) is 1. The van der Waals surface area contributed by atoms with E-state index in [0.717, 1.165) is 12.2 Å². The molecule has 0 radical (unpaired) electrons. The zero-order valence-corrected chi connectivity index (χ0v) is 16.6. The smallest absolute Gasteiger partial charge is 0.122 e. The van der Waals surface area contributed by atoms with Crippen LogP contribution in [-0.2, 0) is 5.41 Å². The first-order chi connectivity index (χ1) is 11.3. The van der Waals surface area contributed by atoms with E-state index >= 15 is 0 Å². The van der Waals surface area contributed by atoms with Gasteiger partial charge in [0.15, 0.2) is 0 Å². The van der Waals surface area contributed by atoms with Crippen molar-refractivity contribution in [3.8, 4) is 5.75 Å². The lowest BCUT2D eigenvalue weighted by molar-refractivity contribution is 0.146. The van der Waals surface area contributed by atoms with Gasteiger partial charge in [-0.25, -0.2) is 0 Å². The summed E-state index contributed by atoms with van der Waals surface area (Å²) in [6.45, 7) is 13.0. The van der Waals surface area contributed by atoms with Gasteiger partial charge >= 0.3 is 0 Å². The maximum atomic E-state index is 6.64. The number of nitrogens with two attached hydrogens (primary N) is 1. The van der Waals surface area contributed by atoms with Crippen LogP contribution in [0.2, 0.25) is 0 Å². The molecule has 2 aliphatic rings. The second kappa shape index (κ2) is 6.92. The highest BCUT2D eigenvalue weighted by Gasteiger charge is 2.48. The fourth-order valence-electron chi connectivity index (χ4n) is 4.68. The molecule has 0 aromatic heterocycles. The van der Waals surface area contributed by atoms with Crippen LogP contribution in [0.1, 0.15) is 83.4 Å². The number of benzene rings is 1. The minimum absolute atomic E-state index is 0.120. The van der Waals surface area contributed by atoms with Gasteiger partial charge in [0.1, 0.15) is 5.75 Å². The van der Waals surface area contributed by atoms with Crippen LogP contribution in [0.5, 0.6) is 5.75 Å². The molecule has 0 spiro atoms. The Kier molecular flexibility index (Phi) is 5.49. The van der Waals surface area contributed by atoms with Gasteiger partial charge in [0.05, 0.1) is 7.11 Å². The van der Waals surface area contributed by atoms with Gasteiger partial charge in [-0.2, -0.15) is 0 Å². The molecule has 0 saturated heterocycles. The standard InChI is InChI=1S/C20H29NO.C2H6/c1-13(2)15-11-14-7-8-18-19(3,9-6-10-20(18,4)21)16(14)12-17(15)22-5;1-2/h7-8,11-13,18H,6,9-10,21H2,1-5H3;1-2H3/t18?,19?,20-;/m1./s1. The maximum Gasteiger partial charge on any atom is 0.122 e. The second-order valence-electron chi connectivity index (χ2n) is 7.95. The molecule has 0 amide bonds. The first kappa shape index (κ1) is 19.1. The molecule has 2 heteroatoms. The number of hydrogen-bond acceptors (Lipinski definition) is 2. The molecular formula is C22H35NO. The van der Waals surface area contributed by atoms with Gasteiger partial charge < -0.3 is 10.5 Å². The summed E-state index contributed by atoms with van der Waals surface area (Å²) in [6, 6.07) is 4.60. The molecule has 1 aromatic rings. The summed E-state index contributed by atoms with van der Waals surface area (Å²) in [5.74, 6) is 1.88. The lowest BCUT2D eigenvalue weighted by atomic mass is 9.55. The molecule has 3 rings (SSSR count). The Balaban J connectivity index is 0.00000100. The van der Waals surface area contributed by atoms with Crippen molar-refractivity contribution in [2.24, 2.45) is 11.7 Å². The Morgan fingerprint density at radius 2 is 1.83 bits per heavy atom. The Morgan fingerprint density at radius 3 is 2.42 bits per heavy atom. The fourth-order valence-corrected chi connectivity index (χ4v) is 4.68. The molecule has 3 atom stereocenters. The highest BCUT2D eigenvalue weighted by molar-refractivity contribution is 5.64.